The van der Waals surface area contributed by atoms with Crippen LogP contribution >= 0.6 is 0 Å². The summed E-state index contributed by atoms with van der Waals surface area (Å²) in [7, 11) is -0.384. The lowest BCUT2D eigenvalue weighted by Gasteiger charge is -2.24. The Morgan fingerprint density at radius 1 is 1.22 bits per heavy atom. The highest BCUT2D eigenvalue weighted by atomic mass is 32.2. The van der Waals surface area contributed by atoms with E-state index in [9.17, 15) is 13.2 Å². The fraction of sp³-hybridized carbons (Fsp3) is 0.533. The summed E-state index contributed by atoms with van der Waals surface area (Å²) in [5.74, 6) is 0.410. The van der Waals surface area contributed by atoms with Gasteiger partial charge in [-0.15, -0.1) is 0 Å². The highest BCUT2D eigenvalue weighted by Crippen LogP contribution is 2.27. The number of carbonyl (C=O) groups is 1. The van der Waals surface area contributed by atoms with Crippen LogP contribution in [-0.4, -0.2) is 58.2 Å². The zero-order valence-electron chi connectivity index (χ0n) is 14.1. The fourth-order valence-corrected chi connectivity index (χ4v) is 3.44. The molecular weight excluding hydrogens is 320 g/mol. The third-order valence-electron chi connectivity index (χ3n) is 3.27. The summed E-state index contributed by atoms with van der Waals surface area (Å²) in [6.07, 6.45) is 1.15. The standard InChI is InChI=1S/C15H24N2O5S/c1-11(2)17(23(5,19)20)10-9-16-15(18)14-12(21-3)7-6-8-13(14)22-4/h6-8,11H,9-10H2,1-5H3,(H,16,18). The zero-order valence-corrected chi connectivity index (χ0v) is 14.9. The van der Waals surface area contributed by atoms with Crippen LogP contribution in [0.15, 0.2) is 18.2 Å². The van der Waals surface area contributed by atoms with Crippen LogP contribution in [0.2, 0.25) is 0 Å². The Labute approximate surface area is 137 Å². The van der Waals surface area contributed by atoms with Crippen LogP contribution in [0.1, 0.15) is 24.2 Å². The topological polar surface area (TPSA) is 84.9 Å². The van der Waals surface area contributed by atoms with E-state index in [4.69, 9.17) is 9.47 Å². The first-order valence-corrected chi connectivity index (χ1v) is 9.03. The van der Waals surface area contributed by atoms with Gasteiger partial charge in [-0.25, -0.2) is 8.42 Å². The van der Waals surface area contributed by atoms with Gasteiger partial charge >= 0.3 is 0 Å². The van der Waals surface area contributed by atoms with Crippen molar-refractivity contribution < 1.29 is 22.7 Å². The van der Waals surface area contributed by atoms with E-state index in [-0.39, 0.29) is 30.6 Å². The van der Waals surface area contributed by atoms with Gasteiger partial charge in [0.15, 0.2) is 0 Å². The predicted molar refractivity (Wildman–Crippen MR) is 88.6 cm³/mol. The molecule has 0 radical (unpaired) electrons. The smallest absolute Gasteiger partial charge is 0.258 e. The number of hydrogen-bond acceptors (Lipinski definition) is 5. The Kier molecular flexibility index (Phi) is 6.83. The van der Waals surface area contributed by atoms with E-state index in [0.29, 0.717) is 11.5 Å². The third kappa shape index (κ3) is 5.11. The van der Waals surface area contributed by atoms with Crippen LogP contribution in [-0.2, 0) is 10.0 Å². The molecule has 0 spiro atoms. The third-order valence-corrected chi connectivity index (χ3v) is 4.73. The summed E-state index contributed by atoms with van der Waals surface area (Å²) in [5, 5.41) is 2.70. The van der Waals surface area contributed by atoms with Crippen LogP contribution in [0.25, 0.3) is 0 Å². The Balaban J connectivity index is 2.82. The molecule has 0 heterocycles. The number of carbonyl (C=O) groups excluding carboxylic acids is 1. The van der Waals surface area contributed by atoms with Gasteiger partial charge in [0, 0.05) is 19.1 Å². The highest BCUT2D eigenvalue weighted by molar-refractivity contribution is 7.88. The number of nitrogens with one attached hydrogen (secondary N) is 1. The molecule has 1 rings (SSSR count). The molecule has 0 unspecified atom stereocenters. The Bertz CT molecular complexity index is 621. The molecule has 7 nitrogen and oxygen atoms in total. The molecule has 0 fully saturated rings. The van der Waals surface area contributed by atoms with E-state index >= 15 is 0 Å². The number of benzene rings is 1. The van der Waals surface area contributed by atoms with Crippen molar-refractivity contribution in [1.82, 2.24) is 9.62 Å². The number of methoxy groups -OCH3 is 2. The van der Waals surface area contributed by atoms with E-state index in [1.54, 1.807) is 32.0 Å². The van der Waals surface area contributed by atoms with Crippen molar-refractivity contribution in [2.75, 3.05) is 33.6 Å². The lowest BCUT2D eigenvalue weighted by Crippen LogP contribution is -2.41. The van der Waals surface area contributed by atoms with Crippen molar-refractivity contribution >= 4 is 15.9 Å². The van der Waals surface area contributed by atoms with Gasteiger partial charge in [0.25, 0.3) is 5.91 Å². The van der Waals surface area contributed by atoms with Gasteiger partial charge in [-0.1, -0.05) is 6.07 Å². The minimum Gasteiger partial charge on any atom is -0.496 e. The van der Waals surface area contributed by atoms with E-state index in [1.807, 2.05) is 0 Å². The average molecular weight is 344 g/mol. The second-order valence-corrected chi connectivity index (χ2v) is 7.20. The van der Waals surface area contributed by atoms with E-state index < -0.39 is 10.0 Å². The molecule has 0 saturated heterocycles. The zero-order chi connectivity index (χ0) is 17.6. The summed E-state index contributed by atoms with van der Waals surface area (Å²) < 4.78 is 35.1. The maximum atomic E-state index is 12.4. The van der Waals surface area contributed by atoms with Crippen molar-refractivity contribution in [3.8, 4) is 11.5 Å². The Morgan fingerprint density at radius 3 is 2.13 bits per heavy atom. The maximum Gasteiger partial charge on any atom is 0.258 e. The average Bonchev–Trinajstić information content (AvgIpc) is 2.48. The quantitative estimate of drug-likeness (QED) is 0.763. The summed E-state index contributed by atoms with van der Waals surface area (Å²) in [6.45, 7) is 3.95. The highest BCUT2D eigenvalue weighted by Gasteiger charge is 2.21. The molecule has 1 N–H and O–H groups in total. The first kappa shape index (κ1) is 19.2. The van der Waals surface area contributed by atoms with Gasteiger partial charge < -0.3 is 14.8 Å². The summed E-state index contributed by atoms with van der Waals surface area (Å²) >= 11 is 0. The van der Waals surface area contributed by atoms with Crippen LogP contribution in [0.5, 0.6) is 11.5 Å². The van der Waals surface area contributed by atoms with Crippen LogP contribution < -0.4 is 14.8 Å². The molecule has 0 saturated carbocycles. The SMILES string of the molecule is COc1cccc(OC)c1C(=O)NCCN(C(C)C)S(C)(=O)=O. The number of hydrogen-bond donors (Lipinski definition) is 1. The first-order valence-electron chi connectivity index (χ1n) is 7.18. The Morgan fingerprint density at radius 2 is 1.74 bits per heavy atom. The van der Waals surface area contributed by atoms with Gasteiger partial charge in [-0.2, -0.15) is 4.31 Å². The van der Waals surface area contributed by atoms with Gasteiger partial charge in [-0.3, -0.25) is 4.79 Å². The van der Waals surface area contributed by atoms with Crippen LogP contribution in [0.4, 0.5) is 0 Å². The van der Waals surface area contributed by atoms with Gasteiger partial charge in [0.05, 0.1) is 20.5 Å². The largest absolute Gasteiger partial charge is 0.496 e. The molecule has 0 aliphatic carbocycles. The molecule has 0 aromatic heterocycles. The maximum absolute atomic E-state index is 12.4. The normalized spacial score (nSPS) is 11.6. The molecule has 0 atom stereocenters. The van der Waals surface area contributed by atoms with Gasteiger partial charge in [0.2, 0.25) is 10.0 Å². The van der Waals surface area contributed by atoms with Crippen LogP contribution in [0, 0.1) is 0 Å². The monoisotopic (exact) mass is 344 g/mol. The second kappa shape index (κ2) is 8.16. The molecule has 23 heavy (non-hydrogen) atoms. The fourth-order valence-electron chi connectivity index (χ4n) is 2.25. The number of ether oxygens (including phenoxy) is 2. The molecule has 1 aromatic carbocycles. The number of rotatable bonds is 8. The molecule has 0 bridgehead atoms. The second-order valence-electron chi connectivity index (χ2n) is 5.26. The molecule has 0 aliphatic heterocycles. The van der Waals surface area contributed by atoms with E-state index in [0.717, 1.165) is 6.26 Å². The number of nitrogens with zero attached hydrogens (tertiary/aromatic N) is 1. The van der Waals surface area contributed by atoms with Crippen LogP contribution in [0.3, 0.4) is 0 Å². The lowest BCUT2D eigenvalue weighted by molar-refractivity contribution is 0.0944. The first-order chi connectivity index (χ1) is 10.7. The van der Waals surface area contributed by atoms with Crippen molar-refractivity contribution in [1.29, 1.82) is 0 Å². The molecule has 8 heteroatoms. The van der Waals surface area contributed by atoms with Crippen molar-refractivity contribution in [2.24, 2.45) is 0 Å². The number of sulfonamides is 1. The molecule has 130 valence electrons. The molecule has 1 amide bonds. The van der Waals surface area contributed by atoms with Gasteiger partial charge in [-0.05, 0) is 26.0 Å². The number of amides is 1. The van der Waals surface area contributed by atoms with E-state index in [2.05, 4.69) is 5.32 Å². The lowest BCUT2D eigenvalue weighted by atomic mass is 10.1. The molecular formula is C15H24N2O5S. The minimum absolute atomic E-state index is 0.178. The summed E-state index contributed by atoms with van der Waals surface area (Å²) in [6, 6.07) is 4.86. The van der Waals surface area contributed by atoms with Crippen molar-refractivity contribution in [3.63, 3.8) is 0 Å². The van der Waals surface area contributed by atoms with E-state index in [1.165, 1.54) is 18.5 Å². The van der Waals surface area contributed by atoms with Crippen molar-refractivity contribution in [2.45, 2.75) is 19.9 Å². The summed E-state index contributed by atoms with van der Waals surface area (Å²) in [5.41, 5.74) is 0.285. The van der Waals surface area contributed by atoms with Gasteiger partial charge in [0.1, 0.15) is 17.1 Å². The molecule has 0 aliphatic rings. The van der Waals surface area contributed by atoms with Crippen molar-refractivity contribution in [3.05, 3.63) is 23.8 Å². The molecule has 1 aromatic rings. The predicted octanol–water partition coefficient (Wildman–Crippen LogP) is 1.10. The minimum atomic E-state index is -3.32. The Hall–Kier alpha value is -1.80. The summed E-state index contributed by atoms with van der Waals surface area (Å²) in [4.78, 5) is 12.4.